The molecule has 1 nitrogen and oxygen atoms in total. The molecule has 0 fully saturated rings. The van der Waals surface area contributed by atoms with Gasteiger partial charge in [-0.2, -0.15) is 0 Å². The van der Waals surface area contributed by atoms with Gasteiger partial charge in [0.25, 0.3) is 0 Å². The fraction of sp³-hybridized carbons (Fsp3) is 0. The number of anilines is 2. The van der Waals surface area contributed by atoms with Crippen molar-refractivity contribution in [1.29, 1.82) is 0 Å². The van der Waals surface area contributed by atoms with E-state index in [-0.39, 0.29) is 0 Å². The molecular weight excluding hydrogens is 514 g/mol. The van der Waals surface area contributed by atoms with Gasteiger partial charge in [-0.1, -0.05) is 69.8 Å². The van der Waals surface area contributed by atoms with Crippen molar-refractivity contribution < 1.29 is 0 Å². The first-order valence-corrected chi connectivity index (χ1v) is 15.6. The number of nitrogens with one attached hydrogen (secondary N) is 1. The molecule has 0 atom stereocenters. The van der Waals surface area contributed by atoms with Crippen LogP contribution in [0.15, 0.2) is 66.7 Å². The summed E-state index contributed by atoms with van der Waals surface area (Å²) in [6.45, 7) is 0. The molecular formula is C30H26B7NS2. The third kappa shape index (κ3) is 3.69. The van der Waals surface area contributed by atoms with Gasteiger partial charge in [0.15, 0.2) is 0 Å². The van der Waals surface area contributed by atoms with Gasteiger partial charge in [0.2, 0.25) is 0 Å². The Hall–Kier alpha value is -3.21. The third-order valence-corrected chi connectivity index (χ3v) is 11.7. The van der Waals surface area contributed by atoms with E-state index < -0.39 is 0 Å². The molecule has 0 unspecified atom stereocenters. The van der Waals surface area contributed by atoms with E-state index in [9.17, 15) is 0 Å². The van der Waals surface area contributed by atoms with E-state index in [4.69, 9.17) is 0 Å². The summed E-state index contributed by atoms with van der Waals surface area (Å²) >= 11 is 3.83. The van der Waals surface area contributed by atoms with E-state index in [2.05, 4.69) is 127 Å². The highest BCUT2D eigenvalue weighted by Gasteiger charge is 2.21. The van der Waals surface area contributed by atoms with Crippen LogP contribution in [-0.4, -0.2) is 54.9 Å². The molecule has 1 N–H and O–H groups in total. The minimum absolute atomic E-state index is 1.14. The fourth-order valence-electron chi connectivity index (χ4n) is 6.39. The maximum atomic E-state index is 3.93. The van der Waals surface area contributed by atoms with E-state index in [1.54, 1.807) is 0 Å². The van der Waals surface area contributed by atoms with Gasteiger partial charge in [0.05, 0.1) is 4.70 Å². The van der Waals surface area contributed by atoms with Crippen LogP contribution < -0.4 is 43.6 Å². The molecule has 0 bridgehead atoms. The first-order chi connectivity index (χ1) is 19.3. The van der Waals surface area contributed by atoms with Crippen molar-refractivity contribution in [1.82, 2.24) is 0 Å². The van der Waals surface area contributed by atoms with Crippen LogP contribution in [0.2, 0.25) is 0 Å². The van der Waals surface area contributed by atoms with Crippen LogP contribution in [0.3, 0.4) is 0 Å². The molecule has 0 aliphatic carbocycles. The standard InChI is InChI=1S/C30H26B7NS2/c31-21-19-20-22(32)24(34)26(36)28(30(20)40-29(19)27(37)25(35)23(21)33)38-13-9-10-16-15(11-13)18-14(7-4-8-17(18)39-16)12-5-2-1-3-6-12/h1-11,38H,31-37H2. The monoisotopic (exact) mass is 541 g/mol. The second-order valence-corrected chi connectivity index (χ2v) is 13.3. The van der Waals surface area contributed by atoms with E-state index in [1.165, 1.54) is 95.4 Å². The van der Waals surface area contributed by atoms with Gasteiger partial charge in [0, 0.05) is 36.2 Å². The normalized spacial score (nSPS) is 11.7. The van der Waals surface area contributed by atoms with Gasteiger partial charge < -0.3 is 5.32 Å². The van der Waals surface area contributed by atoms with Gasteiger partial charge in [-0.15, -0.1) is 33.6 Å². The second-order valence-electron chi connectivity index (χ2n) is 11.2. The molecule has 0 aliphatic heterocycles. The SMILES string of the molecule is Bc1c(B)c(B)c2c(sc3c(Nc4ccc5sc6cccc(-c7ccccc7)c6c5c4)c(B)c(B)c(B)c32)c1B. The van der Waals surface area contributed by atoms with Crippen LogP contribution in [0.4, 0.5) is 11.4 Å². The average molecular weight is 540 g/mol. The summed E-state index contributed by atoms with van der Waals surface area (Å²) in [5, 5.41) is 9.46. The summed E-state index contributed by atoms with van der Waals surface area (Å²) in [5.74, 6) is 0. The zero-order valence-corrected chi connectivity index (χ0v) is 25.8. The maximum absolute atomic E-state index is 3.93. The molecule has 0 amide bonds. The van der Waals surface area contributed by atoms with Crippen LogP contribution in [0.1, 0.15) is 0 Å². The lowest BCUT2D eigenvalue weighted by molar-refractivity contribution is 1.65. The number of benzene rings is 5. The molecule has 0 saturated carbocycles. The maximum Gasteiger partial charge on any atom is 0.141 e. The third-order valence-electron chi connectivity index (χ3n) is 9.26. The first kappa shape index (κ1) is 25.7. The molecule has 0 spiro atoms. The molecule has 0 saturated heterocycles. The topological polar surface area (TPSA) is 12.0 Å². The summed E-state index contributed by atoms with van der Waals surface area (Å²) in [4.78, 5) is 0. The lowest BCUT2D eigenvalue weighted by Gasteiger charge is -2.18. The number of thiophene rings is 2. The van der Waals surface area contributed by atoms with Crippen LogP contribution in [-0.2, 0) is 0 Å². The molecule has 5 aromatic carbocycles. The van der Waals surface area contributed by atoms with Gasteiger partial charge in [-0.3, -0.25) is 0 Å². The second kappa shape index (κ2) is 9.43. The smallest absolute Gasteiger partial charge is 0.141 e. The van der Waals surface area contributed by atoms with Crippen LogP contribution in [0.5, 0.6) is 0 Å². The fourth-order valence-corrected chi connectivity index (χ4v) is 9.03. The lowest BCUT2D eigenvalue weighted by atomic mass is 9.64. The quantitative estimate of drug-likeness (QED) is 0.248. The van der Waals surface area contributed by atoms with Crippen LogP contribution >= 0.6 is 22.7 Å². The average Bonchev–Trinajstić information content (AvgIpc) is 3.55. The number of hydrogen-bond acceptors (Lipinski definition) is 3. The molecule has 7 aromatic rings. The van der Waals surface area contributed by atoms with E-state index in [0.717, 1.165) is 5.69 Å². The minimum Gasteiger partial charge on any atom is -0.355 e. The van der Waals surface area contributed by atoms with Crippen molar-refractivity contribution in [3.05, 3.63) is 66.7 Å². The van der Waals surface area contributed by atoms with Crippen LogP contribution in [0, 0.1) is 0 Å². The highest BCUT2D eigenvalue weighted by molar-refractivity contribution is 7.28. The molecule has 10 heteroatoms. The van der Waals surface area contributed by atoms with Crippen molar-refractivity contribution in [2.75, 3.05) is 5.32 Å². The molecule has 2 aromatic heterocycles. The summed E-state index contributed by atoms with van der Waals surface area (Å²) in [7, 11) is 16.0. The Bertz CT molecular complexity index is 2170. The molecule has 7 rings (SSSR count). The zero-order valence-electron chi connectivity index (χ0n) is 24.2. The van der Waals surface area contributed by atoms with Crippen molar-refractivity contribution >= 4 is 168 Å². The Balaban J connectivity index is 1.47. The highest BCUT2D eigenvalue weighted by Crippen LogP contribution is 2.42. The highest BCUT2D eigenvalue weighted by atomic mass is 32.1. The minimum atomic E-state index is 1.14. The van der Waals surface area contributed by atoms with E-state index >= 15 is 0 Å². The summed E-state index contributed by atoms with van der Waals surface area (Å²) in [6, 6.07) is 24.4. The molecule has 0 radical (unpaired) electrons. The van der Waals surface area contributed by atoms with Crippen molar-refractivity contribution in [3.63, 3.8) is 0 Å². The van der Waals surface area contributed by atoms with Gasteiger partial charge in [-0.05, 0) is 46.2 Å². The van der Waals surface area contributed by atoms with Gasteiger partial charge in [0.1, 0.15) is 54.9 Å². The summed E-state index contributed by atoms with van der Waals surface area (Å²) in [6.07, 6.45) is 0. The molecule has 2 heterocycles. The molecule has 0 aliphatic rings. The lowest BCUT2D eigenvalue weighted by Crippen LogP contribution is -2.47. The van der Waals surface area contributed by atoms with Crippen LogP contribution in [0.25, 0.3) is 51.5 Å². The van der Waals surface area contributed by atoms with Gasteiger partial charge >= 0.3 is 0 Å². The molecule has 40 heavy (non-hydrogen) atoms. The first-order valence-electron chi connectivity index (χ1n) is 14.0. The number of hydrogen-bond donors (Lipinski definition) is 1. The number of fused-ring (bicyclic) bond motifs is 6. The van der Waals surface area contributed by atoms with Gasteiger partial charge in [-0.25, -0.2) is 0 Å². The predicted octanol–water partition coefficient (Wildman–Crippen LogP) is -2.36. The Labute approximate surface area is 249 Å². The Morgan fingerprint density at radius 2 is 1.18 bits per heavy atom. The zero-order chi connectivity index (χ0) is 27.9. The largest absolute Gasteiger partial charge is 0.355 e. The number of rotatable bonds is 3. The predicted molar refractivity (Wildman–Crippen MR) is 205 cm³/mol. The summed E-state index contributed by atoms with van der Waals surface area (Å²) < 4.78 is 5.45. The Kier molecular flexibility index (Phi) is 6.07. The molecule has 184 valence electrons. The Morgan fingerprint density at radius 3 is 1.93 bits per heavy atom. The van der Waals surface area contributed by atoms with E-state index in [1.807, 2.05) is 22.7 Å². The van der Waals surface area contributed by atoms with Crippen molar-refractivity contribution in [2.24, 2.45) is 0 Å². The Morgan fingerprint density at radius 1 is 0.500 bits per heavy atom. The van der Waals surface area contributed by atoms with E-state index in [0.29, 0.717) is 0 Å². The summed E-state index contributed by atoms with van der Waals surface area (Å²) in [5.41, 5.74) is 14.7. The van der Waals surface area contributed by atoms with Crippen molar-refractivity contribution in [3.8, 4) is 11.1 Å². The van der Waals surface area contributed by atoms with Crippen molar-refractivity contribution in [2.45, 2.75) is 0 Å².